The van der Waals surface area contributed by atoms with Crippen LogP contribution in [0, 0.1) is 0 Å². The number of carbonyl (C=O) groups is 1. The van der Waals surface area contributed by atoms with Gasteiger partial charge >= 0.3 is 10.2 Å². The highest BCUT2D eigenvalue weighted by Crippen LogP contribution is 2.32. The smallest absolute Gasteiger partial charge is 0.326 e. The number of piperazine rings is 1. The van der Waals surface area contributed by atoms with Gasteiger partial charge in [0.25, 0.3) is 5.91 Å². The van der Waals surface area contributed by atoms with E-state index in [4.69, 9.17) is 28.2 Å². The third-order valence-corrected chi connectivity index (χ3v) is 10.6. The second-order valence-corrected chi connectivity index (χ2v) is 14.2. The Kier molecular flexibility index (Phi) is 8.44. The van der Waals surface area contributed by atoms with Gasteiger partial charge in [0.15, 0.2) is 0 Å². The molecule has 9 nitrogen and oxygen atoms in total. The summed E-state index contributed by atoms with van der Waals surface area (Å²) in [6.45, 7) is 3.96. The maximum Gasteiger partial charge on any atom is 0.326 e. The number of aromatic nitrogens is 2. The maximum absolute atomic E-state index is 12.4. The minimum Gasteiger partial charge on any atom is -0.369 e. The molecule has 1 aromatic heterocycles. The standard InChI is InChI=1S/C35H32Cl2N6O3S/c1-40-16-18-41(19-17-40)28-9-6-26(7-10-28)25-4-2-24(3-5-25)20-34-38-33(31-15-8-27(36)21-32(31)37)22-42(34)29-11-13-30(14-12-29)43-23-35(44)39-47(43,45)46/h2-15,21-22H,16-20,23H2,1H3,(H,39,44). The Morgan fingerprint density at radius 2 is 1.40 bits per heavy atom. The first-order chi connectivity index (χ1) is 22.6. The molecule has 2 saturated heterocycles. The lowest BCUT2D eigenvalue weighted by molar-refractivity contribution is -0.117. The number of amides is 1. The number of nitrogens with one attached hydrogen (secondary N) is 1. The lowest BCUT2D eigenvalue weighted by Gasteiger charge is -2.34. The first-order valence-corrected chi connectivity index (χ1v) is 17.4. The van der Waals surface area contributed by atoms with E-state index in [9.17, 15) is 13.2 Å². The average Bonchev–Trinajstić information content (AvgIpc) is 3.60. The predicted octanol–water partition coefficient (Wildman–Crippen LogP) is 6.04. The van der Waals surface area contributed by atoms with Gasteiger partial charge in [0.1, 0.15) is 12.4 Å². The van der Waals surface area contributed by atoms with Crippen molar-refractivity contribution in [2.45, 2.75) is 6.42 Å². The molecular weight excluding hydrogens is 655 g/mol. The number of anilines is 2. The molecule has 0 bridgehead atoms. The zero-order valence-corrected chi connectivity index (χ0v) is 27.9. The van der Waals surface area contributed by atoms with Crippen molar-refractivity contribution >= 4 is 50.7 Å². The van der Waals surface area contributed by atoms with Gasteiger partial charge in [-0.2, -0.15) is 8.42 Å². The topological polar surface area (TPSA) is 90.8 Å². The van der Waals surface area contributed by atoms with Crippen molar-refractivity contribution < 1.29 is 13.2 Å². The van der Waals surface area contributed by atoms with Crippen LogP contribution in [0.5, 0.6) is 0 Å². The van der Waals surface area contributed by atoms with Crippen LogP contribution in [0.1, 0.15) is 11.4 Å². The van der Waals surface area contributed by atoms with Crippen molar-refractivity contribution in [3.63, 3.8) is 0 Å². The van der Waals surface area contributed by atoms with Gasteiger partial charge in [0.2, 0.25) is 0 Å². The number of rotatable bonds is 7. The minimum atomic E-state index is -3.90. The molecule has 0 aliphatic carbocycles. The molecule has 2 fully saturated rings. The van der Waals surface area contributed by atoms with Crippen LogP contribution in [0.4, 0.5) is 11.4 Å². The monoisotopic (exact) mass is 686 g/mol. The number of carbonyl (C=O) groups excluding carboxylic acids is 1. The summed E-state index contributed by atoms with van der Waals surface area (Å²) in [7, 11) is -1.74. The largest absolute Gasteiger partial charge is 0.369 e. The van der Waals surface area contributed by atoms with E-state index in [1.807, 2.05) is 21.6 Å². The van der Waals surface area contributed by atoms with Crippen LogP contribution in [0.3, 0.4) is 0 Å². The number of nitrogens with zero attached hydrogens (tertiary/aromatic N) is 5. The molecule has 7 rings (SSSR count). The minimum absolute atomic E-state index is 0.256. The van der Waals surface area contributed by atoms with Crippen molar-refractivity contribution in [3.05, 3.63) is 119 Å². The van der Waals surface area contributed by atoms with Crippen LogP contribution < -0.4 is 13.9 Å². The lowest BCUT2D eigenvalue weighted by atomic mass is 10.0. The molecule has 2 aliphatic heterocycles. The second-order valence-electron chi connectivity index (χ2n) is 11.8. The molecule has 4 aromatic carbocycles. The van der Waals surface area contributed by atoms with E-state index in [0.717, 1.165) is 64.2 Å². The number of halogens is 2. The SMILES string of the molecule is CN1CCN(c2ccc(-c3ccc(Cc4nc(-c5ccc(Cl)cc5Cl)cn4-c4ccc(N5CC(=O)NS5(=O)=O)cc4)cc3)cc2)CC1. The molecule has 47 heavy (non-hydrogen) atoms. The van der Waals surface area contributed by atoms with Gasteiger partial charge in [-0.25, -0.2) is 14.0 Å². The fraction of sp³-hybridized carbons (Fsp3) is 0.200. The van der Waals surface area contributed by atoms with E-state index in [-0.39, 0.29) is 6.54 Å². The zero-order chi connectivity index (χ0) is 32.7. The summed E-state index contributed by atoms with van der Waals surface area (Å²) >= 11 is 12.7. The third kappa shape index (κ3) is 6.59. The fourth-order valence-electron chi connectivity index (χ4n) is 5.98. The summed E-state index contributed by atoms with van der Waals surface area (Å²) in [6.07, 6.45) is 2.45. The molecule has 12 heteroatoms. The number of imidazole rings is 1. The molecule has 0 saturated carbocycles. The van der Waals surface area contributed by atoms with Gasteiger partial charge in [0, 0.05) is 60.8 Å². The quantitative estimate of drug-likeness (QED) is 0.225. The van der Waals surface area contributed by atoms with Crippen LogP contribution in [0.15, 0.2) is 97.2 Å². The lowest BCUT2D eigenvalue weighted by Crippen LogP contribution is -2.44. The van der Waals surface area contributed by atoms with Gasteiger partial charge in [-0.1, -0.05) is 59.6 Å². The van der Waals surface area contributed by atoms with Crippen molar-refractivity contribution in [1.82, 2.24) is 19.2 Å². The van der Waals surface area contributed by atoms with E-state index < -0.39 is 16.1 Å². The second kappa shape index (κ2) is 12.7. The Morgan fingerprint density at radius 1 is 0.787 bits per heavy atom. The number of likely N-dealkylation sites (N-methyl/N-ethyl adjacent to an activating group) is 1. The van der Waals surface area contributed by atoms with Gasteiger partial charge in [-0.15, -0.1) is 0 Å². The normalized spacial score (nSPS) is 16.4. The zero-order valence-electron chi connectivity index (χ0n) is 25.6. The summed E-state index contributed by atoms with van der Waals surface area (Å²) in [5.41, 5.74) is 7.22. The fourth-order valence-corrected chi connectivity index (χ4v) is 7.63. The van der Waals surface area contributed by atoms with Crippen LogP contribution >= 0.6 is 23.2 Å². The van der Waals surface area contributed by atoms with Crippen molar-refractivity contribution in [2.75, 3.05) is 49.0 Å². The van der Waals surface area contributed by atoms with E-state index >= 15 is 0 Å². The number of hydrogen-bond donors (Lipinski definition) is 1. The average molecular weight is 688 g/mol. The third-order valence-electron chi connectivity index (χ3n) is 8.61. The molecule has 5 aromatic rings. The highest BCUT2D eigenvalue weighted by Gasteiger charge is 2.34. The predicted molar refractivity (Wildman–Crippen MR) is 188 cm³/mol. The summed E-state index contributed by atoms with van der Waals surface area (Å²) in [5, 5.41) is 1.02. The molecule has 3 heterocycles. The van der Waals surface area contributed by atoms with E-state index in [2.05, 4.69) is 65.4 Å². The molecule has 0 spiro atoms. The molecule has 240 valence electrons. The van der Waals surface area contributed by atoms with Crippen molar-refractivity contribution in [2.24, 2.45) is 0 Å². The van der Waals surface area contributed by atoms with E-state index in [1.165, 1.54) is 5.69 Å². The number of hydrogen-bond acceptors (Lipinski definition) is 6. The summed E-state index contributed by atoms with van der Waals surface area (Å²) < 4.78 is 29.7. The van der Waals surface area contributed by atoms with E-state index in [1.54, 1.807) is 36.4 Å². The van der Waals surface area contributed by atoms with Gasteiger partial charge in [0.05, 0.1) is 16.4 Å². The van der Waals surface area contributed by atoms with Crippen LogP contribution in [0.2, 0.25) is 10.0 Å². The van der Waals surface area contributed by atoms with Crippen LogP contribution in [0.25, 0.3) is 28.1 Å². The highest BCUT2D eigenvalue weighted by atomic mass is 35.5. The Morgan fingerprint density at radius 3 is 2.02 bits per heavy atom. The summed E-state index contributed by atoms with van der Waals surface area (Å²) in [6, 6.07) is 29.5. The van der Waals surface area contributed by atoms with Gasteiger partial charge in [-0.3, -0.25) is 4.79 Å². The molecule has 1 amide bonds. The number of benzene rings is 4. The van der Waals surface area contributed by atoms with Crippen LogP contribution in [-0.2, 0) is 21.4 Å². The van der Waals surface area contributed by atoms with Crippen molar-refractivity contribution in [1.29, 1.82) is 0 Å². The first-order valence-electron chi connectivity index (χ1n) is 15.2. The Hall–Kier alpha value is -4.35. The highest BCUT2D eigenvalue weighted by molar-refractivity contribution is 7.92. The van der Waals surface area contributed by atoms with Crippen LogP contribution in [-0.4, -0.2) is 68.5 Å². The Bertz CT molecular complexity index is 2040. The molecular formula is C35H32Cl2N6O3S. The van der Waals surface area contributed by atoms with Gasteiger partial charge < -0.3 is 14.4 Å². The summed E-state index contributed by atoms with van der Waals surface area (Å²) in [4.78, 5) is 21.5. The summed E-state index contributed by atoms with van der Waals surface area (Å²) in [5.74, 6) is 0.206. The Balaban J connectivity index is 1.16. The molecule has 0 radical (unpaired) electrons. The van der Waals surface area contributed by atoms with Gasteiger partial charge in [-0.05, 0) is 78.3 Å². The van der Waals surface area contributed by atoms with E-state index in [0.29, 0.717) is 27.8 Å². The molecule has 1 N–H and O–H groups in total. The Labute approximate surface area is 284 Å². The van der Waals surface area contributed by atoms with Crippen molar-refractivity contribution in [3.8, 4) is 28.1 Å². The molecule has 2 aliphatic rings. The maximum atomic E-state index is 12.4. The first kappa shape index (κ1) is 31.3. The molecule has 0 unspecified atom stereocenters. The molecule has 0 atom stereocenters.